The van der Waals surface area contributed by atoms with Crippen molar-refractivity contribution in [1.29, 1.82) is 0 Å². The summed E-state index contributed by atoms with van der Waals surface area (Å²) < 4.78 is 1.60. The first-order valence-corrected chi connectivity index (χ1v) is 8.16. The Kier molecular flexibility index (Phi) is 6.00. The van der Waals surface area contributed by atoms with Gasteiger partial charge in [0.2, 0.25) is 0 Å². The molecule has 1 atom stereocenters. The summed E-state index contributed by atoms with van der Waals surface area (Å²) in [7, 11) is 0. The molecule has 7 nitrogen and oxygen atoms in total. The molecule has 1 aliphatic heterocycles. The molecule has 8 heteroatoms. The van der Waals surface area contributed by atoms with E-state index < -0.39 is 0 Å². The first-order valence-electron chi connectivity index (χ1n) is 8.16. The van der Waals surface area contributed by atoms with Gasteiger partial charge in [-0.05, 0) is 25.2 Å². The minimum atomic E-state index is -0.123. The predicted molar refractivity (Wildman–Crippen MR) is 88.3 cm³/mol. The van der Waals surface area contributed by atoms with E-state index in [1.165, 1.54) is 12.8 Å². The van der Waals surface area contributed by atoms with Gasteiger partial charge in [0.15, 0.2) is 5.69 Å². The van der Waals surface area contributed by atoms with Gasteiger partial charge in [0.25, 0.3) is 5.91 Å². The monoisotopic (exact) mass is 343 g/mol. The standard InChI is InChI=1S/C15H25N5O2.ClH/c16-5-7-20-9-13(17-18-20)14(22)19-6-1-4-15(10-19,11-21)8-12-2-3-12;/h9,12,21H,1-8,10-11,16H2;1H. The maximum absolute atomic E-state index is 12.6. The number of halogens is 1. The van der Waals surface area contributed by atoms with E-state index in [2.05, 4.69) is 10.3 Å². The van der Waals surface area contributed by atoms with Crippen LogP contribution < -0.4 is 5.73 Å². The van der Waals surface area contributed by atoms with Gasteiger partial charge in [-0.3, -0.25) is 9.48 Å². The predicted octanol–water partition coefficient (Wildman–Crippen LogP) is 0.673. The van der Waals surface area contributed by atoms with Crippen LogP contribution in [0.25, 0.3) is 0 Å². The lowest BCUT2D eigenvalue weighted by Gasteiger charge is -2.41. The van der Waals surface area contributed by atoms with Crippen LogP contribution in [-0.4, -0.2) is 57.1 Å². The van der Waals surface area contributed by atoms with Crippen molar-refractivity contribution in [2.45, 2.75) is 38.6 Å². The molecule has 0 bridgehead atoms. The van der Waals surface area contributed by atoms with Gasteiger partial charge in [0, 0.05) is 25.0 Å². The maximum atomic E-state index is 12.6. The van der Waals surface area contributed by atoms with Crippen molar-refractivity contribution in [3.8, 4) is 0 Å². The molecule has 1 saturated carbocycles. The molecule has 1 unspecified atom stereocenters. The number of hydrogen-bond donors (Lipinski definition) is 2. The second-order valence-electron chi connectivity index (χ2n) is 6.79. The van der Waals surface area contributed by atoms with E-state index in [4.69, 9.17) is 5.73 Å². The van der Waals surface area contributed by atoms with Gasteiger partial charge in [0.1, 0.15) is 0 Å². The van der Waals surface area contributed by atoms with Gasteiger partial charge in [0.05, 0.1) is 19.3 Å². The lowest BCUT2D eigenvalue weighted by molar-refractivity contribution is 0.0193. The molecule has 1 saturated heterocycles. The van der Waals surface area contributed by atoms with Crippen molar-refractivity contribution in [2.24, 2.45) is 17.1 Å². The van der Waals surface area contributed by atoms with E-state index in [1.54, 1.807) is 10.9 Å². The first-order chi connectivity index (χ1) is 10.7. The van der Waals surface area contributed by atoms with Crippen LogP contribution in [0, 0.1) is 11.3 Å². The van der Waals surface area contributed by atoms with E-state index in [1.807, 2.05) is 4.90 Å². The van der Waals surface area contributed by atoms with E-state index in [9.17, 15) is 9.90 Å². The molecule has 2 aliphatic rings. The SMILES string of the molecule is Cl.NCCn1cc(C(=O)N2CCCC(CO)(CC3CC3)C2)nn1. The summed E-state index contributed by atoms with van der Waals surface area (Å²) in [5.41, 5.74) is 5.73. The fraction of sp³-hybridized carbons (Fsp3) is 0.800. The molecule has 3 N–H and O–H groups in total. The van der Waals surface area contributed by atoms with Gasteiger partial charge in [-0.15, -0.1) is 17.5 Å². The number of nitrogens with zero attached hydrogens (tertiary/aromatic N) is 4. The number of carbonyl (C=O) groups excluding carboxylic acids is 1. The van der Waals surface area contributed by atoms with Crippen LogP contribution in [0.15, 0.2) is 6.20 Å². The Morgan fingerprint density at radius 1 is 1.48 bits per heavy atom. The Balaban J connectivity index is 0.00000192. The highest BCUT2D eigenvalue weighted by molar-refractivity contribution is 5.92. The van der Waals surface area contributed by atoms with E-state index in [0.29, 0.717) is 25.3 Å². The molecule has 0 aromatic carbocycles. The third-order valence-electron chi connectivity index (χ3n) is 4.82. The molecule has 2 fully saturated rings. The van der Waals surface area contributed by atoms with Crippen LogP contribution in [0.5, 0.6) is 0 Å². The van der Waals surface area contributed by atoms with Gasteiger partial charge in [-0.25, -0.2) is 0 Å². The zero-order valence-corrected chi connectivity index (χ0v) is 14.2. The fourth-order valence-electron chi connectivity index (χ4n) is 3.48. The van der Waals surface area contributed by atoms with Crippen LogP contribution in [0.2, 0.25) is 0 Å². The zero-order valence-electron chi connectivity index (χ0n) is 13.4. The minimum Gasteiger partial charge on any atom is -0.396 e. The van der Waals surface area contributed by atoms with Gasteiger partial charge < -0.3 is 15.7 Å². The number of carbonyl (C=O) groups is 1. The summed E-state index contributed by atoms with van der Waals surface area (Å²) in [5, 5.41) is 17.8. The second kappa shape index (κ2) is 7.59. The number of aliphatic hydroxyl groups is 1. The number of aromatic nitrogens is 3. The minimum absolute atomic E-state index is 0. The van der Waals surface area contributed by atoms with E-state index >= 15 is 0 Å². The van der Waals surface area contributed by atoms with E-state index in [-0.39, 0.29) is 30.3 Å². The lowest BCUT2D eigenvalue weighted by atomic mass is 9.76. The molecule has 130 valence electrons. The molecule has 2 heterocycles. The first kappa shape index (κ1) is 18.2. The fourth-order valence-corrected chi connectivity index (χ4v) is 3.48. The third-order valence-corrected chi connectivity index (χ3v) is 4.82. The van der Waals surface area contributed by atoms with Crippen LogP contribution >= 0.6 is 12.4 Å². The molecule has 3 rings (SSSR count). The zero-order chi connectivity index (χ0) is 15.6. The van der Waals surface area contributed by atoms with Crippen LogP contribution in [0.4, 0.5) is 0 Å². The second-order valence-corrected chi connectivity index (χ2v) is 6.79. The number of hydrogen-bond acceptors (Lipinski definition) is 5. The summed E-state index contributed by atoms with van der Waals surface area (Å²) in [4.78, 5) is 14.5. The molecule has 1 amide bonds. The molecule has 1 aromatic heterocycles. The molecule has 23 heavy (non-hydrogen) atoms. The van der Waals surface area contributed by atoms with Crippen molar-refractivity contribution in [3.63, 3.8) is 0 Å². The average molecular weight is 344 g/mol. The number of piperidine rings is 1. The highest BCUT2D eigenvalue weighted by Gasteiger charge is 2.41. The Bertz CT molecular complexity index is 534. The highest BCUT2D eigenvalue weighted by Crippen LogP contribution is 2.44. The smallest absolute Gasteiger partial charge is 0.276 e. The van der Waals surface area contributed by atoms with Gasteiger partial charge in [-0.2, -0.15) is 0 Å². The van der Waals surface area contributed by atoms with Crippen molar-refractivity contribution < 1.29 is 9.90 Å². The molecule has 0 radical (unpaired) electrons. The van der Waals surface area contributed by atoms with Crippen LogP contribution in [0.3, 0.4) is 0 Å². The van der Waals surface area contributed by atoms with Gasteiger partial charge in [-0.1, -0.05) is 18.1 Å². The summed E-state index contributed by atoms with van der Waals surface area (Å²) in [6, 6.07) is 0. The Morgan fingerprint density at radius 2 is 2.26 bits per heavy atom. The van der Waals surface area contributed by atoms with Gasteiger partial charge >= 0.3 is 0 Å². The van der Waals surface area contributed by atoms with Crippen molar-refractivity contribution in [2.75, 3.05) is 26.2 Å². The molecular formula is C15H26ClN5O2. The van der Waals surface area contributed by atoms with Crippen LogP contribution in [-0.2, 0) is 6.54 Å². The quantitative estimate of drug-likeness (QED) is 0.791. The van der Waals surface area contributed by atoms with Crippen LogP contribution in [0.1, 0.15) is 42.6 Å². The number of aliphatic hydroxyl groups excluding tert-OH is 1. The van der Waals surface area contributed by atoms with Crippen molar-refractivity contribution in [3.05, 3.63) is 11.9 Å². The van der Waals surface area contributed by atoms with Crippen molar-refractivity contribution in [1.82, 2.24) is 19.9 Å². The maximum Gasteiger partial charge on any atom is 0.276 e. The highest BCUT2D eigenvalue weighted by atomic mass is 35.5. The molecule has 1 aromatic rings. The van der Waals surface area contributed by atoms with Crippen molar-refractivity contribution >= 4 is 18.3 Å². The topological polar surface area (TPSA) is 97.3 Å². The number of likely N-dealkylation sites (tertiary alicyclic amines) is 1. The summed E-state index contributed by atoms with van der Waals surface area (Å²) in [6.07, 6.45) is 7.17. The van der Waals surface area contributed by atoms with E-state index in [0.717, 1.165) is 31.7 Å². The Hall–Kier alpha value is -1.18. The normalized spacial score (nSPS) is 24.3. The summed E-state index contributed by atoms with van der Waals surface area (Å²) >= 11 is 0. The summed E-state index contributed by atoms with van der Waals surface area (Å²) in [5.74, 6) is 0.657. The number of amides is 1. The average Bonchev–Trinajstić information content (AvgIpc) is 3.22. The summed E-state index contributed by atoms with van der Waals surface area (Å²) in [6.45, 7) is 2.54. The lowest BCUT2D eigenvalue weighted by Crippen LogP contribution is -2.48. The number of nitrogens with two attached hydrogens (primary N) is 1. The Labute approximate surface area is 142 Å². The third kappa shape index (κ3) is 4.22. The molecule has 1 aliphatic carbocycles. The Morgan fingerprint density at radius 3 is 2.91 bits per heavy atom. The molecular weight excluding hydrogens is 318 g/mol. The molecule has 0 spiro atoms. The number of rotatable bonds is 6. The largest absolute Gasteiger partial charge is 0.396 e.